The molecule has 4 atom stereocenters. The van der Waals surface area contributed by atoms with Crippen LogP contribution in [0, 0.1) is 23.7 Å². The minimum atomic E-state index is -0.724. The third-order valence-corrected chi connectivity index (χ3v) is 4.89. The lowest BCUT2D eigenvalue weighted by molar-refractivity contribution is -0.137. The van der Waals surface area contributed by atoms with Gasteiger partial charge in [0, 0.05) is 12.3 Å². The van der Waals surface area contributed by atoms with Crippen LogP contribution in [-0.2, 0) is 9.59 Å². The van der Waals surface area contributed by atoms with Gasteiger partial charge < -0.3 is 5.11 Å². The van der Waals surface area contributed by atoms with Crippen LogP contribution >= 0.6 is 0 Å². The second-order valence-corrected chi connectivity index (χ2v) is 6.13. The third-order valence-electron chi connectivity index (χ3n) is 4.89. The van der Waals surface area contributed by atoms with Gasteiger partial charge >= 0.3 is 5.97 Å². The van der Waals surface area contributed by atoms with Crippen molar-refractivity contribution in [3.8, 4) is 0 Å². The number of unbranched alkanes of at least 4 members (excludes halogenated alkanes) is 1. The normalized spacial score (nSPS) is 33.1. The van der Waals surface area contributed by atoms with Crippen molar-refractivity contribution in [1.82, 2.24) is 0 Å². The summed E-state index contributed by atoms with van der Waals surface area (Å²) in [5.41, 5.74) is 0. The number of ketones is 1. The van der Waals surface area contributed by atoms with Crippen molar-refractivity contribution < 1.29 is 14.7 Å². The summed E-state index contributed by atoms with van der Waals surface area (Å²) >= 11 is 0. The van der Waals surface area contributed by atoms with E-state index < -0.39 is 5.97 Å². The molecule has 3 nitrogen and oxygen atoms in total. The van der Waals surface area contributed by atoms with Crippen LogP contribution in [0.4, 0.5) is 0 Å². The number of Topliss-reactive ketones (excluding diaryl/α,β-unsaturated/α-hetero) is 1. The number of rotatable bonds is 7. The third kappa shape index (κ3) is 3.46. The van der Waals surface area contributed by atoms with Crippen LogP contribution in [-0.4, -0.2) is 16.9 Å². The number of carbonyl (C=O) groups is 2. The molecule has 0 aromatic carbocycles. The Balaban J connectivity index is 1.77. The van der Waals surface area contributed by atoms with E-state index in [1.165, 1.54) is 19.3 Å². The smallest absolute Gasteiger partial charge is 0.303 e. The van der Waals surface area contributed by atoms with Crippen molar-refractivity contribution in [2.45, 2.75) is 51.9 Å². The highest BCUT2D eigenvalue weighted by Crippen LogP contribution is 2.53. The van der Waals surface area contributed by atoms with Crippen molar-refractivity contribution in [2.75, 3.05) is 0 Å². The molecule has 19 heavy (non-hydrogen) atoms. The fourth-order valence-corrected chi connectivity index (χ4v) is 4.13. The molecule has 0 amide bonds. The molecule has 3 heteroatoms. The number of fused-ring (bicyclic) bond motifs is 2. The van der Waals surface area contributed by atoms with Crippen molar-refractivity contribution in [2.24, 2.45) is 23.7 Å². The standard InChI is InChI=1S/C16H24O3/c1-11(17)16-13-9-8-12(10-13)14(16)6-4-2-3-5-7-15(18)19/h2,4,12-14,16H,3,5-10H2,1H3,(H,18,19)/b4-2+/t12-,13-,14+,16+/m1/s1. The summed E-state index contributed by atoms with van der Waals surface area (Å²) in [6.45, 7) is 1.74. The molecule has 2 rings (SSSR count). The van der Waals surface area contributed by atoms with Gasteiger partial charge in [-0.15, -0.1) is 0 Å². The monoisotopic (exact) mass is 264 g/mol. The van der Waals surface area contributed by atoms with E-state index >= 15 is 0 Å². The summed E-state index contributed by atoms with van der Waals surface area (Å²) in [7, 11) is 0. The van der Waals surface area contributed by atoms with Crippen molar-refractivity contribution in [3.05, 3.63) is 12.2 Å². The van der Waals surface area contributed by atoms with E-state index in [0.29, 0.717) is 30.0 Å². The molecular formula is C16H24O3. The molecular weight excluding hydrogens is 240 g/mol. The average molecular weight is 264 g/mol. The number of aliphatic carboxylic acids is 1. The highest BCUT2D eigenvalue weighted by atomic mass is 16.4. The van der Waals surface area contributed by atoms with Gasteiger partial charge in [-0.2, -0.15) is 0 Å². The number of hydrogen-bond donors (Lipinski definition) is 1. The summed E-state index contributed by atoms with van der Waals surface area (Å²) < 4.78 is 0. The van der Waals surface area contributed by atoms with Crippen LogP contribution in [0.2, 0.25) is 0 Å². The summed E-state index contributed by atoms with van der Waals surface area (Å²) in [5, 5.41) is 8.55. The van der Waals surface area contributed by atoms with E-state index in [-0.39, 0.29) is 6.42 Å². The number of carboxylic acid groups (broad SMARTS) is 1. The molecule has 0 heterocycles. The summed E-state index contributed by atoms with van der Waals surface area (Å²) in [5.74, 6) is 1.89. The molecule has 2 aliphatic carbocycles. The lowest BCUT2D eigenvalue weighted by atomic mass is 9.75. The fourth-order valence-electron chi connectivity index (χ4n) is 4.13. The molecule has 106 valence electrons. The summed E-state index contributed by atoms with van der Waals surface area (Å²) in [6, 6.07) is 0. The van der Waals surface area contributed by atoms with Crippen LogP contribution in [0.25, 0.3) is 0 Å². The van der Waals surface area contributed by atoms with Crippen LogP contribution in [0.5, 0.6) is 0 Å². The van der Waals surface area contributed by atoms with E-state index in [9.17, 15) is 9.59 Å². The van der Waals surface area contributed by atoms with Crippen molar-refractivity contribution in [1.29, 1.82) is 0 Å². The van der Waals surface area contributed by atoms with Crippen LogP contribution in [0.15, 0.2) is 12.2 Å². The maximum Gasteiger partial charge on any atom is 0.303 e. The lowest BCUT2D eigenvalue weighted by Gasteiger charge is -2.28. The lowest BCUT2D eigenvalue weighted by Crippen LogP contribution is -2.27. The largest absolute Gasteiger partial charge is 0.481 e. The van der Waals surface area contributed by atoms with Gasteiger partial charge in [0.1, 0.15) is 5.78 Å². The average Bonchev–Trinajstić information content (AvgIpc) is 2.93. The van der Waals surface area contributed by atoms with Gasteiger partial charge in [-0.05, 0) is 63.2 Å². The minimum absolute atomic E-state index is 0.245. The van der Waals surface area contributed by atoms with Crippen LogP contribution in [0.1, 0.15) is 51.9 Å². The quantitative estimate of drug-likeness (QED) is 0.566. The zero-order valence-electron chi connectivity index (χ0n) is 11.7. The molecule has 1 N–H and O–H groups in total. The fraction of sp³-hybridized carbons (Fsp3) is 0.750. The second kappa shape index (κ2) is 6.36. The van der Waals surface area contributed by atoms with E-state index in [0.717, 1.165) is 18.8 Å². The SMILES string of the molecule is CC(=O)[C@H]1[C@@H]2CC[C@H](C2)[C@@H]1C/C=C/CCCC(=O)O. The van der Waals surface area contributed by atoms with Gasteiger partial charge in [-0.25, -0.2) is 0 Å². The van der Waals surface area contributed by atoms with Crippen LogP contribution in [0.3, 0.4) is 0 Å². The zero-order valence-corrected chi connectivity index (χ0v) is 11.7. The predicted molar refractivity (Wildman–Crippen MR) is 73.7 cm³/mol. The van der Waals surface area contributed by atoms with E-state index in [4.69, 9.17) is 5.11 Å². The Kier molecular flexibility index (Phi) is 4.78. The molecule has 0 aliphatic heterocycles. The Morgan fingerprint density at radius 3 is 2.63 bits per heavy atom. The number of hydrogen-bond acceptors (Lipinski definition) is 2. The van der Waals surface area contributed by atoms with E-state index in [2.05, 4.69) is 12.2 Å². The molecule has 0 unspecified atom stereocenters. The molecule has 0 aromatic heterocycles. The highest BCUT2D eigenvalue weighted by molar-refractivity contribution is 5.79. The Morgan fingerprint density at radius 2 is 1.95 bits per heavy atom. The molecule has 0 spiro atoms. The number of carboxylic acids is 1. The van der Waals surface area contributed by atoms with Gasteiger partial charge in [0.25, 0.3) is 0 Å². The first kappa shape index (κ1) is 14.3. The van der Waals surface area contributed by atoms with Gasteiger partial charge in [0.05, 0.1) is 0 Å². The molecule has 0 aromatic rings. The van der Waals surface area contributed by atoms with Gasteiger partial charge in [-0.1, -0.05) is 12.2 Å². The maximum absolute atomic E-state index is 11.8. The highest BCUT2D eigenvalue weighted by Gasteiger charge is 2.48. The molecule has 2 bridgehead atoms. The van der Waals surface area contributed by atoms with Crippen molar-refractivity contribution >= 4 is 11.8 Å². The first-order valence-electron chi connectivity index (χ1n) is 7.47. The first-order valence-corrected chi connectivity index (χ1v) is 7.47. The second-order valence-electron chi connectivity index (χ2n) is 6.13. The molecule has 2 aliphatic rings. The Labute approximate surface area is 115 Å². The Hall–Kier alpha value is -1.12. The summed E-state index contributed by atoms with van der Waals surface area (Å²) in [4.78, 5) is 22.2. The Morgan fingerprint density at radius 1 is 1.21 bits per heavy atom. The maximum atomic E-state index is 11.8. The molecule has 0 saturated heterocycles. The first-order chi connectivity index (χ1) is 9.09. The van der Waals surface area contributed by atoms with Crippen LogP contribution < -0.4 is 0 Å². The van der Waals surface area contributed by atoms with E-state index in [1.54, 1.807) is 6.92 Å². The number of allylic oxidation sites excluding steroid dienone is 2. The zero-order chi connectivity index (χ0) is 13.8. The molecule has 2 saturated carbocycles. The molecule has 2 fully saturated rings. The van der Waals surface area contributed by atoms with E-state index in [1.807, 2.05) is 0 Å². The van der Waals surface area contributed by atoms with Gasteiger partial charge in [-0.3, -0.25) is 9.59 Å². The predicted octanol–water partition coefficient (Wildman–Crippen LogP) is 3.44. The number of carbonyl (C=O) groups excluding carboxylic acids is 1. The van der Waals surface area contributed by atoms with Crippen molar-refractivity contribution in [3.63, 3.8) is 0 Å². The topological polar surface area (TPSA) is 54.4 Å². The Bertz CT molecular complexity index is 372. The minimum Gasteiger partial charge on any atom is -0.481 e. The summed E-state index contributed by atoms with van der Waals surface area (Å²) in [6.07, 6.45) is 10.8. The van der Waals surface area contributed by atoms with Gasteiger partial charge in [0.2, 0.25) is 0 Å². The van der Waals surface area contributed by atoms with Gasteiger partial charge in [0.15, 0.2) is 0 Å². The molecule has 0 radical (unpaired) electrons.